The summed E-state index contributed by atoms with van der Waals surface area (Å²) < 4.78 is 2.18. The van der Waals surface area contributed by atoms with Crippen molar-refractivity contribution >= 4 is 5.91 Å². The van der Waals surface area contributed by atoms with Crippen LogP contribution < -0.4 is 5.32 Å². The summed E-state index contributed by atoms with van der Waals surface area (Å²) in [5.74, 6) is 0.157. The van der Waals surface area contributed by atoms with Crippen LogP contribution in [0.5, 0.6) is 0 Å². The van der Waals surface area contributed by atoms with Gasteiger partial charge in [0.05, 0.1) is 6.04 Å². The fraction of sp³-hybridized carbons (Fsp3) is 0.450. The topological polar surface area (TPSA) is 37.3 Å². The molecule has 24 heavy (non-hydrogen) atoms. The summed E-state index contributed by atoms with van der Waals surface area (Å²) in [5.41, 5.74) is 2.39. The van der Waals surface area contributed by atoms with E-state index in [2.05, 4.69) is 52.3 Å². The quantitative estimate of drug-likeness (QED) is 0.917. The number of nitrogens with one attached hydrogen (secondary N) is 1. The van der Waals surface area contributed by atoms with Crippen molar-refractivity contribution in [3.05, 3.63) is 59.9 Å². The van der Waals surface area contributed by atoms with Gasteiger partial charge in [0.25, 0.3) is 0 Å². The number of amides is 1. The largest absolute Gasteiger partial charge is 0.353 e. The molecule has 1 amide bonds. The monoisotopic (exact) mass is 323 g/mol. The summed E-state index contributed by atoms with van der Waals surface area (Å²) >= 11 is 0. The lowest BCUT2D eigenvalue weighted by Crippen LogP contribution is -2.41. The van der Waals surface area contributed by atoms with Gasteiger partial charge < -0.3 is 9.88 Å². The fourth-order valence-electron chi connectivity index (χ4n) is 3.87. The molecule has 1 aromatic heterocycles. The van der Waals surface area contributed by atoms with Gasteiger partial charge >= 0.3 is 0 Å². The van der Waals surface area contributed by atoms with Crippen LogP contribution in [0.3, 0.4) is 0 Å². The van der Waals surface area contributed by atoms with Crippen LogP contribution in [0.4, 0.5) is 0 Å². The number of aromatic nitrogens is 1. The minimum atomic E-state index is -0.200. The summed E-state index contributed by atoms with van der Waals surface area (Å²) in [7, 11) is 2.09. The van der Waals surface area contributed by atoms with Gasteiger partial charge in [0.1, 0.15) is 6.04 Å². The molecule has 126 valence electrons. The third-order valence-electron chi connectivity index (χ3n) is 5.24. The molecule has 1 aliphatic carbocycles. The Labute approximate surface area is 143 Å². The Bertz CT molecular complexity index is 705. The Morgan fingerprint density at radius 3 is 2.58 bits per heavy atom. The minimum absolute atomic E-state index is 0.157. The maximum Gasteiger partial charge on any atom is 0.242 e. The van der Waals surface area contributed by atoms with Crippen molar-refractivity contribution in [1.29, 1.82) is 0 Å². The van der Waals surface area contributed by atoms with Gasteiger partial charge in [-0.15, -0.1) is 0 Å². The maximum absolute atomic E-state index is 13.0. The second-order valence-electron chi connectivity index (χ2n) is 7.04. The van der Waals surface area contributed by atoms with Crippen LogP contribution in [0.25, 0.3) is 0 Å². The number of nitrogens with zero attached hydrogens (tertiary/aromatic N) is 2. The van der Waals surface area contributed by atoms with Gasteiger partial charge in [-0.05, 0) is 49.9 Å². The SMILES string of the molecule is Cn1cccc1[C@H]1CCCN1[C@H](C(=O)NC1CC1)c1ccccc1. The average Bonchev–Trinajstić information content (AvgIpc) is 3.10. The van der Waals surface area contributed by atoms with Crippen LogP contribution in [0, 0.1) is 0 Å². The molecule has 1 saturated carbocycles. The molecule has 0 unspecified atom stereocenters. The number of carbonyl (C=O) groups is 1. The van der Waals surface area contributed by atoms with E-state index in [1.165, 1.54) is 5.69 Å². The van der Waals surface area contributed by atoms with Crippen LogP contribution >= 0.6 is 0 Å². The summed E-state index contributed by atoms with van der Waals surface area (Å²) in [4.78, 5) is 15.4. The van der Waals surface area contributed by atoms with Crippen molar-refractivity contribution in [2.45, 2.75) is 43.8 Å². The third-order valence-corrected chi connectivity index (χ3v) is 5.24. The molecule has 4 heteroatoms. The van der Waals surface area contributed by atoms with Crippen molar-refractivity contribution in [3.8, 4) is 0 Å². The normalized spacial score (nSPS) is 22.5. The van der Waals surface area contributed by atoms with E-state index in [4.69, 9.17) is 0 Å². The van der Waals surface area contributed by atoms with Gasteiger partial charge in [0.15, 0.2) is 0 Å². The number of aryl methyl sites for hydroxylation is 1. The van der Waals surface area contributed by atoms with E-state index in [1.807, 2.05) is 18.2 Å². The van der Waals surface area contributed by atoms with E-state index in [0.29, 0.717) is 12.1 Å². The molecule has 2 heterocycles. The van der Waals surface area contributed by atoms with E-state index in [-0.39, 0.29) is 11.9 Å². The van der Waals surface area contributed by atoms with Gasteiger partial charge in [-0.3, -0.25) is 9.69 Å². The Kier molecular flexibility index (Phi) is 4.15. The lowest BCUT2D eigenvalue weighted by atomic mass is 10.0. The number of carbonyl (C=O) groups excluding carboxylic acids is 1. The highest BCUT2D eigenvalue weighted by molar-refractivity contribution is 5.83. The second kappa shape index (κ2) is 6.44. The first-order valence-electron chi connectivity index (χ1n) is 8.96. The predicted molar refractivity (Wildman–Crippen MR) is 94.4 cm³/mol. The zero-order chi connectivity index (χ0) is 16.5. The zero-order valence-electron chi connectivity index (χ0n) is 14.2. The molecule has 4 rings (SSSR count). The molecule has 1 N–H and O–H groups in total. The summed E-state index contributed by atoms with van der Waals surface area (Å²) in [6, 6.07) is 15.0. The fourth-order valence-corrected chi connectivity index (χ4v) is 3.87. The van der Waals surface area contributed by atoms with Gasteiger partial charge in [-0.2, -0.15) is 0 Å². The summed E-state index contributed by atoms with van der Waals surface area (Å²) in [6.45, 7) is 0.966. The molecule has 0 radical (unpaired) electrons. The first kappa shape index (κ1) is 15.5. The molecule has 1 aliphatic heterocycles. The van der Waals surface area contributed by atoms with Crippen molar-refractivity contribution < 1.29 is 4.79 Å². The summed E-state index contributed by atoms with van der Waals surface area (Å²) in [6.07, 6.45) is 6.57. The van der Waals surface area contributed by atoms with E-state index in [9.17, 15) is 4.79 Å². The van der Waals surface area contributed by atoms with Crippen molar-refractivity contribution in [2.24, 2.45) is 7.05 Å². The first-order valence-corrected chi connectivity index (χ1v) is 8.96. The predicted octanol–water partition coefficient (Wildman–Crippen LogP) is 3.18. The lowest BCUT2D eigenvalue weighted by Gasteiger charge is -2.33. The molecule has 0 bridgehead atoms. The summed E-state index contributed by atoms with van der Waals surface area (Å²) in [5, 5.41) is 3.22. The third kappa shape index (κ3) is 2.98. The number of benzene rings is 1. The minimum Gasteiger partial charge on any atom is -0.353 e. The molecule has 2 aromatic rings. The lowest BCUT2D eigenvalue weighted by molar-refractivity contribution is -0.127. The average molecular weight is 323 g/mol. The van der Waals surface area contributed by atoms with Crippen LogP contribution in [-0.2, 0) is 11.8 Å². The maximum atomic E-state index is 13.0. The number of likely N-dealkylation sites (tertiary alicyclic amines) is 1. The molecule has 1 aromatic carbocycles. The zero-order valence-corrected chi connectivity index (χ0v) is 14.2. The number of hydrogen-bond donors (Lipinski definition) is 1. The molecule has 4 nitrogen and oxygen atoms in total. The molecule has 1 saturated heterocycles. The molecular weight excluding hydrogens is 298 g/mol. The Balaban J connectivity index is 1.66. The van der Waals surface area contributed by atoms with Crippen molar-refractivity contribution in [1.82, 2.24) is 14.8 Å². The van der Waals surface area contributed by atoms with Gasteiger partial charge in [0.2, 0.25) is 5.91 Å². The van der Waals surface area contributed by atoms with Crippen LogP contribution in [-0.4, -0.2) is 28.0 Å². The highest BCUT2D eigenvalue weighted by Gasteiger charge is 2.38. The van der Waals surface area contributed by atoms with Crippen molar-refractivity contribution in [2.75, 3.05) is 6.54 Å². The van der Waals surface area contributed by atoms with Gasteiger partial charge in [-0.1, -0.05) is 30.3 Å². The van der Waals surface area contributed by atoms with Crippen LogP contribution in [0.1, 0.15) is 49.0 Å². The Hall–Kier alpha value is -2.07. The van der Waals surface area contributed by atoms with Gasteiger partial charge in [-0.25, -0.2) is 0 Å². The number of rotatable bonds is 5. The van der Waals surface area contributed by atoms with E-state index >= 15 is 0 Å². The number of hydrogen-bond acceptors (Lipinski definition) is 2. The Morgan fingerprint density at radius 2 is 1.92 bits per heavy atom. The highest BCUT2D eigenvalue weighted by Crippen LogP contribution is 2.39. The van der Waals surface area contributed by atoms with Gasteiger partial charge in [0, 0.05) is 25.0 Å². The van der Waals surface area contributed by atoms with E-state index in [0.717, 1.165) is 37.8 Å². The van der Waals surface area contributed by atoms with E-state index < -0.39 is 0 Å². The highest BCUT2D eigenvalue weighted by atomic mass is 16.2. The molecule has 2 fully saturated rings. The molecule has 2 aliphatic rings. The molecule has 2 atom stereocenters. The molecular formula is C20H25N3O. The van der Waals surface area contributed by atoms with E-state index in [1.54, 1.807) is 0 Å². The first-order chi connectivity index (χ1) is 11.7. The second-order valence-corrected chi connectivity index (χ2v) is 7.04. The molecule has 0 spiro atoms. The van der Waals surface area contributed by atoms with Crippen LogP contribution in [0.15, 0.2) is 48.7 Å². The van der Waals surface area contributed by atoms with Crippen molar-refractivity contribution in [3.63, 3.8) is 0 Å². The van der Waals surface area contributed by atoms with Crippen LogP contribution in [0.2, 0.25) is 0 Å². The standard InChI is InChI=1S/C20H25N3O/c1-22-13-5-9-17(22)18-10-6-14-23(18)19(15-7-3-2-4-8-15)20(24)21-16-11-12-16/h2-5,7-9,13,16,18-19H,6,10-12,14H2,1H3,(H,21,24)/t18-,19+/m1/s1. The Morgan fingerprint density at radius 1 is 1.12 bits per heavy atom. The smallest absolute Gasteiger partial charge is 0.242 e.